The molecule has 2 aromatic rings. The summed E-state index contributed by atoms with van der Waals surface area (Å²) in [6.45, 7) is 0. The summed E-state index contributed by atoms with van der Waals surface area (Å²) in [6.07, 6.45) is 3.60. The van der Waals surface area contributed by atoms with Crippen LogP contribution in [0.3, 0.4) is 0 Å². The van der Waals surface area contributed by atoms with Crippen LogP contribution in [0.25, 0.3) is 20.8 Å². The first-order valence-electron chi connectivity index (χ1n) is 6.74. The van der Waals surface area contributed by atoms with Crippen molar-refractivity contribution in [2.45, 2.75) is 11.0 Å². The number of halogens is 6. The van der Waals surface area contributed by atoms with Crippen LogP contribution in [0.4, 0.5) is 26.3 Å². The van der Waals surface area contributed by atoms with Gasteiger partial charge in [0.1, 0.15) is 0 Å². The maximum Gasteiger partial charge on any atom is 0.487 e. The number of sulfonamides is 2. The van der Waals surface area contributed by atoms with E-state index in [1.54, 1.807) is 0 Å². The molecule has 28 heavy (non-hydrogen) atoms. The van der Waals surface area contributed by atoms with E-state index in [1.165, 1.54) is 24.3 Å². The van der Waals surface area contributed by atoms with E-state index < -0.39 is 31.1 Å². The maximum absolute atomic E-state index is 12.3. The molecule has 0 amide bonds. The van der Waals surface area contributed by atoms with Gasteiger partial charge in [-0.25, -0.2) is 26.2 Å². The first-order valence-corrected chi connectivity index (χ1v) is 9.62. The van der Waals surface area contributed by atoms with Gasteiger partial charge in [0.25, 0.3) is 0 Å². The molecule has 0 saturated heterocycles. The summed E-state index contributed by atoms with van der Waals surface area (Å²) < 4.78 is 118. The van der Waals surface area contributed by atoms with Crippen molar-refractivity contribution in [3.05, 3.63) is 58.7 Å². The summed E-state index contributed by atoms with van der Waals surface area (Å²) in [6, 6.07) is 4.72. The van der Waals surface area contributed by atoms with E-state index in [9.17, 15) is 43.2 Å². The molecule has 2 rings (SSSR count). The zero-order valence-corrected chi connectivity index (χ0v) is 14.8. The summed E-state index contributed by atoms with van der Waals surface area (Å²) in [5.74, 6) is 0. The van der Waals surface area contributed by atoms with Crippen molar-refractivity contribution >= 4 is 20.0 Å². The molecule has 154 valence electrons. The molecule has 0 aliphatic carbocycles. The van der Waals surface area contributed by atoms with Gasteiger partial charge in [-0.15, -0.1) is 0 Å². The van der Waals surface area contributed by atoms with E-state index in [0.29, 0.717) is 20.5 Å². The van der Waals surface area contributed by atoms with Gasteiger partial charge < -0.3 is 9.66 Å². The Morgan fingerprint density at radius 3 is 1.07 bits per heavy atom. The fourth-order valence-electron chi connectivity index (χ4n) is 1.67. The molecule has 0 radical (unpaired) electrons. The third-order valence-corrected chi connectivity index (χ3v) is 4.93. The van der Waals surface area contributed by atoms with Crippen molar-refractivity contribution in [3.8, 4) is 11.1 Å². The normalized spacial score (nSPS) is 13.2. The van der Waals surface area contributed by atoms with Crippen LogP contribution in [0.15, 0.2) is 49.1 Å². The van der Waals surface area contributed by atoms with Crippen LogP contribution in [0.1, 0.15) is 0 Å². The predicted molar refractivity (Wildman–Crippen MR) is 79.7 cm³/mol. The van der Waals surface area contributed by atoms with Crippen molar-refractivity contribution < 1.29 is 52.5 Å². The Morgan fingerprint density at radius 2 is 0.857 bits per heavy atom. The molecule has 8 nitrogen and oxygen atoms in total. The molecule has 16 heteroatoms. The molecule has 0 aromatic carbocycles. The lowest BCUT2D eigenvalue weighted by Crippen LogP contribution is -2.37. The number of alkyl halides is 6. The van der Waals surface area contributed by atoms with E-state index in [4.69, 9.17) is 0 Å². The highest BCUT2D eigenvalue weighted by atomic mass is 32.2. The number of aromatic nitrogens is 2. The predicted octanol–water partition coefficient (Wildman–Crippen LogP) is 1.90. The maximum atomic E-state index is 12.3. The second-order valence-corrected chi connectivity index (χ2v) is 8.09. The van der Waals surface area contributed by atoms with Gasteiger partial charge in [0.2, 0.25) is 20.0 Å². The Balaban J connectivity index is 2.17. The monoisotopic (exact) mass is 450 g/mol. The molecule has 0 aliphatic rings. The molecule has 2 heterocycles. The lowest BCUT2D eigenvalue weighted by atomic mass is 10.1. The highest BCUT2D eigenvalue weighted by molar-refractivity contribution is 7.94. The summed E-state index contributed by atoms with van der Waals surface area (Å²) in [7, 11) is -11.5. The molecular weight excluding hydrogens is 442 g/mol. The van der Waals surface area contributed by atoms with Gasteiger partial charge in [-0.2, -0.15) is 26.3 Å². The van der Waals surface area contributed by atoms with E-state index in [-0.39, 0.29) is 0 Å². The summed E-state index contributed by atoms with van der Waals surface area (Å²) in [4.78, 5) is 5.09. The number of hydrogen-bond donors (Lipinski definition) is 0. The van der Waals surface area contributed by atoms with Crippen LogP contribution in [-0.4, -0.2) is 27.9 Å². The average molecular weight is 450 g/mol. The SMILES string of the molecule is O=S(=O)([N-][n+]1ccc(-c2cc[n+]([N-]S(=O)(=O)C(F)(F)F)cc2)cc1)C(F)(F)F. The lowest BCUT2D eigenvalue weighted by Gasteiger charge is -2.17. The number of rotatable bonds is 5. The Kier molecular flexibility index (Phi) is 5.48. The van der Waals surface area contributed by atoms with Crippen molar-refractivity contribution in [1.82, 2.24) is 0 Å². The molecule has 0 bridgehead atoms. The van der Waals surface area contributed by atoms with Crippen LogP contribution in [0, 0.1) is 0 Å². The minimum absolute atomic E-state index is 0.321. The van der Waals surface area contributed by atoms with Crippen LogP contribution >= 0.6 is 0 Å². The molecule has 0 aliphatic heterocycles. The van der Waals surface area contributed by atoms with Gasteiger partial charge in [0.05, 0.1) is 0 Å². The average Bonchev–Trinajstić information content (AvgIpc) is 2.53. The topological polar surface area (TPSA) is 104 Å². The van der Waals surface area contributed by atoms with Crippen LogP contribution in [0.5, 0.6) is 0 Å². The van der Waals surface area contributed by atoms with Gasteiger partial charge >= 0.3 is 11.0 Å². The number of hydrogen-bond acceptors (Lipinski definition) is 4. The minimum atomic E-state index is -5.74. The third kappa shape index (κ3) is 4.80. The molecule has 0 fully saturated rings. The van der Waals surface area contributed by atoms with Gasteiger partial charge in [-0.1, -0.05) is 0 Å². The fourth-order valence-corrected chi connectivity index (χ4v) is 2.57. The van der Waals surface area contributed by atoms with Gasteiger partial charge in [0, 0.05) is 24.3 Å². The number of pyridine rings is 2. The van der Waals surface area contributed by atoms with Crippen molar-refractivity contribution in [2.75, 3.05) is 0 Å². The molecule has 0 atom stereocenters. The molecule has 0 unspecified atom stereocenters. The smallest absolute Gasteiger partial charge is 0.315 e. The zero-order valence-electron chi connectivity index (χ0n) is 13.1. The number of nitrogens with zero attached hydrogens (tertiary/aromatic N) is 4. The largest absolute Gasteiger partial charge is 0.487 e. The minimum Gasteiger partial charge on any atom is -0.315 e. The van der Waals surface area contributed by atoms with Crippen LogP contribution in [-0.2, 0) is 20.0 Å². The highest BCUT2D eigenvalue weighted by Gasteiger charge is 2.42. The van der Waals surface area contributed by atoms with Crippen LogP contribution < -0.4 is 9.35 Å². The Bertz CT molecular complexity index is 962. The van der Waals surface area contributed by atoms with E-state index in [0.717, 1.165) is 24.8 Å². The Morgan fingerprint density at radius 1 is 0.607 bits per heavy atom. The van der Waals surface area contributed by atoms with E-state index in [1.807, 2.05) is 0 Å². The van der Waals surface area contributed by atoms with Gasteiger partial charge in [-0.3, -0.25) is 0 Å². The second-order valence-electron chi connectivity index (χ2n) is 4.94. The van der Waals surface area contributed by atoms with E-state index in [2.05, 4.69) is 9.66 Å². The molecular formula is C12H8F6N4O4S2. The quantitative estimate of drug-likeness (QED) is 0.513. The third-order valence-electron chi connectivity index (χ3n) is 2.95. The second kappa shape index (κ2) is 7.08. The van der Waals surface area contributed by atoms with Gasteiger partial charge in [0.15, 0.2) is 24.8 Å². The first-order chi connectivity index (χ1) is 12.6. The van der Waals surface area contributed by atoms with Gasteiger partial charge in [-0.05, 0) is 11.1 Å². The molecule has 2 aromatic heterocycles. The van der Waals surface area contributed by atoms with E-state index >= 15 is 0 Å². The Hall–Kier alpha value is -2.62. The standard InChI is InChI=1S/C12H8F6N4O4S2/c13-11(14,15)27(23,24)19-21-5-1-9(2-6-21)10-3-7-22(8-4-10)20-28(25,26)12(16,17)18/h1-8H. The molecule has 0 saturated carbocycles. The van der Waals surface area contributed by atoms with Crippen molar-refractivity contribution in [1.29, 1.82) is 0 Å². The molecule has 0 spiro atoms. The fraction of sp³-hybridized carbons (Fsp3) is 0.167. The van der Waals surface area contributed by atoms with Crippen LogP contribution in [0.2, 0.25) is 0 Å². The van der Waals surface area contributed by atoms with Crippen molar-refractivity contribution in [2.24, 2.45) is 0 Å². The summed E-state index contributed by atoms with van der Waals surface area (Å²) in [5.41, 5.74) is -10.5. The van der Waals surface area contributed by atoms with Crippen molar-refractivity contribution in [3.63, 3.8) is 0 Å². The summed E-state index contributed by atoms with van der Waals surface area (Å²) in [5, 5.41) is 0. The first kappa shape index (κ1) is 21.7. The zero-order chi connectivity index (χ0) is 21.4. The summed E-state index contributed by atoms with van der Waals surface area (Å²) >= 11 is 0. The Labute approximate surface area is 154 Å². The highest BCUT2D eigenvalue weighted by Crippen LogP contribution is 2.27. The molecule has 0 N–H and O–H groups in total. The lowest BCUT2D eigenvalue weighted by molar-refractivity contribution is -0.614.